The molecular weight excluding hydrogens is 332 g/mol. The van der Waals surface area contributed by atoms with Crippen molar-refractivity contribution in [3.63, 3.8) is 0 Å². The fourth-order valence-corrected chi connectivity index (χ4v) is 3.81. The number of esters is 1. The lowest BCUT2D eigenvalue weighted by Crippen LogP contribution is -2.49. The molecule has 3 unspecified atom stereocenters. The molecule has 3 rings (SSSR count). The molecule has 6 heteroatoms. The van der Waals surface area contributed by atoms with E-state index in [4.69, 9.17) is 9.47 Å². The summed E-state index contributed by atoms with van der Waals surface area (Å²) in [7, 11) is 0. The first kappa shape index (κ1) is 18.7. The van der Waals surface area contributed by atoms with Crippen LogP contribution in [0, 0.1) is 6.92 Å². The van der Waals surface area contributed by atoms with E-state index in [2.05, 4.69) is 18.3 Å². The Labute approximate surface area is 154 Å². The van der Waals surface area contributed by atoms with Crippen LogP contribution in [-0.2, 0) is 14.3 Å². The monoisotopic (exact) mass is 360 g/mol. The molecule has 1 amide bonds. The zero-order valence-corrected chi connectivity index (χ0v) is 16.0. The Morgan fingerprint density at radius 1 is 1.23 bits per heavy atom. The molecule has 0 aliphatic carbocycles. The first-order valence-electron chi connectivity index (χ1n) is 9.34. The topological polar surface area (TPSA) is 67.9 Å². The third kappa shape index (κ3) is 4.01. The Morgan fingerprint density at radius 3 is 2.62 bits per heavy atom. The Balaban J connectivity index is 1.68. The molecule has 2 aliphatic rings. The summed E-state index contributed by atoms with van der Waals surface area (Å²) in [6.45, 7) is 9.66. The van der Waals surface area contributed by atoms with Gasteiger partial charge in [0.05, 0.1) is 23.5 Å². The van der Waals surface area contributed by atoms with Gasteiger partial charge in [0.15, 0.2) is 6.61 Å². The van der Waals surface area contributed by atoms with Gasteiger partial charge in [0.2, 0.25) is 0 Å². The molecule has 1 fully saturated rings. The Hall–Kier alpha value is -2.08. The molecule has 1 aromatic carbocycles. The van der Waals surface area contributed by atoms with Crippen LogP contribution in [0.4, 0.5) is 5.69 Å². The summed E-state index contributed by atoms with van der Waals surface area (Å²) in [6.07, 6.45) is 1.03. The van der Waals surface area contributed by atoms with Gasteiger partial charge in [-0.1, -0.05) is 13.0 Å². The van der Waals surface area contributed by atoms with Gasteiger partial charge in [-0.25, -0.2) is 4.79 Å². The van der Waals surface area contributed by atoms with Gasteiger partial charge in [-0.3, -0.25) is 4.79 Å². The zero-order valence-electron chi connectivity index (χ0n) is 16.0. The number of nitrogens with zero attached hydrogens (tertiary/aromatic N) is 1. The van der Waals surface area contributed by atoms with E-state index in [-0.39, 0.29) is 24.7 Å². The molecule has 0 spiro atoms. The van der Waals surface area contributed by atoms with E-state index in [0.29, 0.717) is 24.6 Å². The van der Waals surface area contributed by atoms with Crippen LogP contribution in [0.25, 0.3) is 0 Å². The summed E-state index contributed by atoms with van der Waals surface area (Å²) in [5.74, 6) is -0.229. The van der Waals surface area contributed by atoms with E-state index in [0.717, 1.165) is 29.8 Å². The highest BCUT2D eigenvalue weighted by Gasteiger charge is 2.28. The van der Waals surface area contributed by atoms with Crippen LogP contribution in [0.1, 0.15) is 54.6 Å². The van der Waals surface area contributed by atoms with Crippen molar-refractivity contribution in [3.05, 3.63) is 28.8 Å². The number of ether oxygens (including phenoxy) is 2. The molecule has 1 aromatic rings. The molecule has 0 radical (unpaired) electrons. The highest BCUT2D eigenvalue weighted by molar-refractivity contribution is 5.98. The van der Waals surface area contributed by atoms with Crippen LogP contribution < -0.4 is 5.32 Å². The Kier molecular flexibility index (Phi) is 5.51. The average molecular weight is 360 g/mol. The summed E-state index contributed by atoms with van der Waals surface area (Å²) in [5.41, 5.74) is 3.53. The lowest BCUT2D eigenvalue weighted by atomic mass is 9.89. The van der Waals surface area contributed by atoms with Crippen molar-refractivity contribution in [1.29, 1.82) is 0 Å². The average Bonchev–Trinajstić information content (AvgIpc) is 2.58. The number of hydrogen-bond donors (Lipinski definition) is 1. The van der Waals surface area contributed by atoms with Gasteiger partial charge in [0.25, 0.3) is 5.91 Å². The minimum Gasteiger partial charge on any atom is -0.452 e. The van der Waals surface area contributed by atoms with E-state index < -0.39 is 5.97 Å². The van der Waals surface area contributed by atoms with Crippen molar-refractivity contribution in [2.24, 2.45) is 0 Å². The standard InChI is InChI=1S/C20H28N2O4/c1-12-7-16-13(2)5-6-21-19(16)17(8-12)20(24)25-11-18(23)22-9-14(3)26-15(4)10-22/h7-8,13-15,21H,5-6,9-11H2,1-4H3. The minimum absolute atomic E-state index is 0.00659. The molecule has 2 aliphatic heterocycles. The van der Waals surface area contributed by atoms with Gasteiger partial charge in [0, 0.05) is 19.6 Å². The molecular formula is C20H28N2O4. The summed E-state index contributed by atoms with van der Waals surface area (Å²) in [4.78, 5) is 26.8. The van der Waals surface area contributed by atoms with Crippen LogP contribution in [0.5, 0.6) is 0 Å². The number of anilines is 1. The molecule has 3 atom stereocenters. The number of aryl methyl sites for hydroxylation is 1. The van der Waals surface area contributed by atoms with Gasteiger partial charge >= 0.3 is 5.97 Å². The van der Waals surface area contributed by atoms with E-state index >= 15 is 0 Å². The van der Waals surface area contributed by atoms with E-state index in [1.54, 1.807) is 4.90 Å². The van der Waals surface area contributed by atoms with Gasteiger partial charge in [0.1, 0.15) is 0 Å². The number of rotatable bonds is 3. The summed E-state index contributed by atoms with van der Waals surface area (Å²) in [5, 5.41) is 3.32. The Bertz CT molecular complexity index is 693. The summed E-state index contributed by atoms with van der Waals surface area (Å²) >= 11 is 0. The first-order valence-corrected chi connectivity index (χ1v) is 9.34. The fourth-order valence-electron chi connectivity index (χ4n) is 3.81. The maximum Gasteiger partial charge on any atom is 0.340 e. The normalized spacial score (nSPS) is 25.2. The second-order valence-electron chi connectivity index (χ2n) is 7.53. The quantitative estimate of drug-likeness (QED) is 0.840. The second-order valence-corrected chi connectivity index (χ2v) is 7.53. The molecule has 0 saturated carbocycles. The van der Waals surface area contributed by atoms with Crippen molar-refractivity contribution in [3.8, 4) is 0 Å². The largest absolute Gasteiger partial charge is 0.452 e. The molecule has 2 heterocycles. The SMILES string of the molecule is Cc1cc(C(=O)OCC(=O)N2CC(C)OC(C)C2)c2c(c1)C(C)CCN2. The first-order chi connectivity index (χ1) is 12.3. The van der Waals surface area contributed by atoms with Gasteiger partial charge < -0.3 is 19.7 Å². The predicted octanol–water partition coefficient (Wildman–Crippen LogP) is 2.71. The van der Waals surface area contributed by atoms with Gasteiger partial charge in [-0.05, 0) is 50.3 Å². The maximum absolute atomic E-state index is 12.6. The third-order valence-electron chi connectivity index (χ3n) is 5.04. The van der Waals surface area contributed by atoms with Crippen molar-refractivity contribution in [2.45, 2.75) is 52.2 Å². The van der Waals surface area contributed by atoms with Crippen LogP contribution in [0.15, 0.2) is 12.1 Å². The van der Waals surface area contributed by atoms with E-state index in [1.807, 2.05) is 26.8 Å². The number of fused-ring (bicyclic) bond motifs is 1. The lowest BCUT2D eigenvalue weighted by Gasteiger charge is -2.35. The van der Waals surface area contributed by atoms with Crippen LogP contribution in [-0.4, -0.2) is 55.2 Å². The van der Waals surface area contributed by atoms with Crippen molar-refractivity contribution >= 4 is 17.6 Å². The summed E-state index contributed by atoms with van der Waals surface area (Å²) < 4.78 is 11.0. The van der Waals surface area contributed by atoms with Crippen molar-refractivity contribution in [2.75, 3.05) is 31.6 Å². The smallest absolute Gasteiger partial charge is 0.340 e. The number of nitrogens with one attached hydrogen (secondary N) is 1. The number of amides is 1. The maximum atomic E-state index is 12.6. The third-order valence-corrected chi connectivity index (χ3v) is 5.04. The molecule has 142 valence electrons. The van der Waals surface area contributed by atoms with Crippen LogP contribution in [0.3, 0.4) is 0 Å². The summed E-state index contributed by atoms with van der Waals surface area (Å²) in [6, 6.07) is 3.94. The molecule has 1 N–H and O–H groups in total. The highest BCUT2D eigenvalue weighted by atomic mass is 16.5. The number of morpholine rings is 1. The van der Waals surface area contributed by atoms with Gasteiger partial charge in [-0.15, -0.1) is 0 Å². The van der Waals surface area contributed by atoms with Crippen LogP contribution in [0.2, 0.25) is 0 Å². The molecule has 0 bridgehead atoms. The van der Waals surface area contributed by atoms with E-state index in [9.17, 15) is 9.59 Å². The van der Waals surface area contributed by atoms with Crippen molar-refractivity contribution < 1.29 is 19.1 Å². The molecule has 0 aromatic heterocycles. The van der Waals surface area contributed by atoms with Gasteiger partial charge in [-0.2, -0.15) is 0 Å². The predicted molar refractivity (Wildman–Crippen MR) is 99.6 cm³/mol. The number of benzene rings is 1. The second kappa shape index (κ2) is 7.66. The van der Waals surface area contributed by atoms with Crippen molar-refractivity contribution in [1.82, 2.24) is 4.90 Å². The van der Waals surface area contributed by atoms with Crippen LogP contribution >= 0.6 is 0 Å². The number of carbonyl (C=O) groups excluding carboxylic acids is 2. The van der Waals surface area contributed by atoms with E-state index in [1.165, 1.54) is 0 Å². The minimum atomic E-state index is -0.450. The molecule has 6 nitrogen and oxygen atoms in total. The Morgan fingerprint density at radius 2 is 1.92 bits per heavy atom. The number of hydrogen-bond acceptors (Lipinski definition) is 5. The lowest BCUT2D eigenvalue weighted by molar-refractivity contribution is -0.146. The fraction of sp³-hybridized carbons (Fsp3) is 0.600. The molecule has 26 heavy (non-hydrogen) atoms. The molecule has 1 saturated heterocycles. The highest BCUT2D eigenvalue weighted by Crippen LogP contribution is 2.35. The number of carbonyl (C=O) groups is 2. The zero-order chi connectivity index (χ0) is 18.8.